The summed E-state index contributed by atoms with van der Waals surface area (Å²) >= 11 is 0. The monoisotopic (exact) mass is 58.0 g/mol. The fourth-order valence-electron chi connectivity index (χ4n) is 0. The summed E-state index contributed by atoms with van der Waals surface area (Å²) in [5.74, 6) is 0. The van der Waals surface area contributed by atoms with Crippen molar-refractivity contribution < 1.29 is 9.59 Å². The SMILES string of the molecule is [CH]=O.[CH]=O. The average molecular weight is 58.0 g/mol. The molecule has 0 unspecified atom stereocenters. The molecule has 2 radical (unpaired) electrons. The van der Waals surface area contributed by atoms with Gasteiger partial charge in [0.15, 0.2) is 13.6 Å². The molecule has 2 heteroatoms. The van der Waals surface area contributed by atoms with Crippen LogP contribution in [0.15, 0.2) is 0 Å². The van der Waals surface area contributed by atoms with Crippen LogP contribution in [0.2, 0.25) is 0 Å². The molecule has 0 rings (SSSR count). The topological polar surface area (TPSA) is 34.1 Å². The van der Waals surface area contributed by atoms with Crippen LogP contribution in [0.25, 0.3) is 0 Å². The van der Waals surface area contributed by atoms with E-state index in [0.717, 1.165) is 0 Å². The summed E-state index contributed by atoms with van der Waals surface area (Å²) in [6, 6.07) is 0. The van der Waals surface area contributed by atoms with Crippen molar-refractivity contribution in [1.29, 1.82) is 0 Å². The van der Waals surface area contributed by atoms with E-state index in [1.165, 1.54) is 0 Å². The summed E-state index contributed by atoms with van der Waals surface area (Å²) in [6.45, 7) is 6.50. The van der Waals surface area contributed by atoms with Crippen molar-refractivity contribution in [3.8, 4) is 0 Å². The molecular formula is C2H2O2. The molecule has 0 aromatic heterocycles. The van der Waals surface area contributed by atoms with Gasteiger partial charge in [0.05, 0.1) is 0 Å². The van der Waals surface area contributed by atoms with E-state index in [0.29, 0.717) is 0 Å². The van der Waals surface area contributed by atoms with Gasteiger partial charge < -0.3 is 0 Å². The maximum Gasteiger partial charge on any atom is 0.182 e. The van der Waals surface area contributed by atoms with Crippen molar-refractivity contribution in [3.05, 3.63) is 0 Å². The van der Waals surface area contributed by atoms with E-state index < -0.39 is 0 Å². The Morgan fingerprint density at radius 1 is 0.750 bits per heavy atom. The van der Waals surface area contributed by atoms with Crippen LogP contribution >= 0.6 is 0 Å². The first kappa shape index (κ1) is 10.2. The van der Waals surface area contributed by atoms with E-state index >= 15 is 0 Å². The summed E-state index contributed by atoms with van der Waals surface area (Å²) in [7, 11) is 0. The molecule has 0 saturated heterocycles. The lowest BCUT2D eigenvalue weighted by Crippen LogP contribution is -0.910. The summed E-state index contributed by atoms with van der Waals surface area (Å²) < 4.78 is 0. The minimum absolute atomic E-state index is 3.25. The van der Waals surface area contributed by atoms with E-state index in [9.17, 15) is 0 Å². The molecule has 0 aliphatic carbocycles. The van der Waals surface area contributed by atoms with Crippen molar-refractivity contribution in [3.63, 3.8) is 0 Å². The van der Waals surface area contributed by atoms with Gasteiger partial charge in [-0.05, 0) is 0 Å². The lowest BCUT2D eigenvalue weighted by atomic mass is 11.9. The summed E-state index contributed by atoms with van der Waals surface area (Å²) in [5, 5.41) is 0. The van der Waals surface area contributed by atoms with Gasteiger partial charge in [-0.3, -0.25) is 9.59 Å². The van der Waals surface area contributed by atoms with E-state index in [-0.39, 0.29) is 0 Å². The highest BCUT2D eigenvalue weighted by Crippen LogP contribution is 0.515. The van der Waals surface area contributed by atoms with Crippen molar-refractivity contribution in [2.75, 3.05) is 0 Å². The second-order valence-electron chi connectivity index (χ2n) is 0. The number of rotatable bonds is 0. The van der Waals surface area contributed by atoms with Crippen LogP contribution in [0.3, 0.4) is 0 Å². The zero-order valence-corrected chi connectivity index (χ0v) is 1.97. The fourth-order valence-corrected chi connectivity index (χ4v) is 0. The van der Waals surface area contributed by atoms with Gasteiger partial charge in [-0.2, -0.15) is 0 Å². The number of hydrogen-bond donors (Lipinski definition) is 0. The Morgan fingerprint density at radius 2 is 0.750 bits per heavy atom. The van der Waals surface area contributed by atoms with Crippen molar-refractivity contribution in [2.24, 2.45) is 0 Å². The lowest BCUT2D eigenvalue weighted by molar-refractivity contribution is 0.573. The van der Waals surface area contributed by atoms with Gasteiger partial charge in [-0.25, -0.2) is 0 Å². The predicted octanol–water partition coefficient (Wildman–Crippen LogP) is -0.548. The van der Waals surface area contributed by atoms with Crippen molar-refractivity contribution in [1.82, 2.24) is 0 Å². The summed E-state index contributed by atoms with van der Waals surface area (Å²) in [6.07, 6.45) is 0. The third kappa shape index (κ3) is 0.356. The highest BCUT2D eigenvalue weighted by atomic mass is 16.1. The molecule has 0 aliphatic rings. The smallest absolute Gasteiger partial charge is 0.182 e. The normalized spacial score (nSPS) is 2.00. The second kappa shape index (κ2) is 9.65. The molecule has 4 heavy (non-hydrogen) atoms. The Bertz CT molecular complexity index is 6.00. The third-order valence-corrected chi connectivity index (χ3v) is 0. The van der Waals surface area contributed by atoms with Gasteiger partial charge in [-0.15, -0.1) is 0 Å². The zero-order chi connectivity index (χ0) is 4.00. The molecule has 0 bridgehead atoms. The van der Waals surface area contributed by atoms with E-state index in [2.05, 4.69) is 13.6 Å². The van der Waals surface area contributed by atoms with Crippen molar-refractivity contribution >= 4 is 13.6 Å². The van der Waals surface area contributed by atoms with Gasteiger partial charge in [0, 0.05) is 0 Å². The molecule has 0 spiro atoms. The van der Waals surface area contributed by atoms with Crippen LogP contribution in [0, 0.1) is 0 Å². The van der Waals surface area contributed by atoms with Crippen molar-refractivity contribution in [2.45, 2.75) is 0 Å². The molecule has 0 atom stereocenters. The average Bonchev–Trinajstić information content (AvgIpc) is 1.50. The van der Waals surface area contributed by atoms with E-state index in [4.69, 9.17) is 9.59 Å². The summed E-state index contributed by atoms with van der Waals surface area (Å²) in [4.78, 5) is 15.5. The Labute approximate surface area is 24.4 Å². The first-order valence-corrected chi connectivity index (χ1v) is 0.471. The van der Waals surface area contributed by atoms with Gasteiger partial charge in [0.25, 0.3) is 0 Å². The molecule has 2 nitrogen and oxygen atoms in total. The highest BCUT2D eigenvalue weighted by molar-refractivity contribution is 5.12. The van der Waals surface area contributed by atoms with Crippen LogP contribution in [0.5, 0.6) is 0 Å². The second-order valence-corrected chi connectivity index (χ2v) is 0. The van der Waals surface area contributed by atoms with Crippen LogP contribution in [-0.4, -0.2) is 13.6 Å². The molecule has 0 fully saturated rings. The molecule has 0 N–H and O–H groups in total. The highest BCUT2D eigenvalue weighted by Gasteiger charge is 0.692. The maximum atomic E-state index is 7.75. The lowest BCUT2D eigenvalue weighted by Gasteiger charge is -0.803. The molecule has 0 saturated carbocycles. The van der Waals surface area contributed by atoms with Gasteiger partial charge in [-0.1, -0.05) is 0 Å². The molecule has 0 heterocycles. The van der Waals surface area contributed by atoms with Gasteiger partial charge in [0.1, 0.15) is 0 Å². The Balaban J connectivity index is 0. The molecule has 0 aromatic carbocycles. The predicted molar refractivity (Wildman–Crippen MR) is 13.5 cm³/mol. The maximum absolute atomic E-state index is 7.75. The number of carbonyl (C=O) groups excluding carboxylic acids is 2. The minimum atomic E-state index is 3.25. The van der Waals surface area contributed by atoms with E-state index in [1.54, 1.807) is 0 Å². The first-order valence-electron chi connectivity index (χ1n) is 0.471. The fraction of sp³-hybridized carbons (Fsp3) is 0. The van der Waals surface area contributed by atoms with Gasteiger partial charge in [0.2, 0.25) is 0 Å². The van der Waals surface area contributed by atoms with Crippen LogP contribution in [-0.2, 0) is 9.59 Å². The molecule has 0 amide bonds. The molecule has 0 aliphatic heterocycles. The van der Waals surface area contributed by atoms with Crippen LogP contribution in [0.1, 0.15) is 0 Å². The third-order valence-electron chi connectivity index (χ3n) is 0. The number of hydrogen-bond acceptors (Lipinski definition) is 2. The standard InChI is InChI=1S/2CHO/c2*1-2/h2*1H. The summed E-state index contributed by atoms with van der Waals surface area (Å²) in [5.41, 5.74) is 0. The minimum Gasteiger partial charge on any atom is -0.295 e. The van der Waals surface area contributed by atoms with E-state index in [1.807, 2.05) is 0 Å². The van der Waals surface area contributed by atoms with Crippen LogP contribution in [0.4, 0.5) is 0 Å². The first-order chi connectivity index (χ1) is 2.00. The Hall–Kier alpha value is -0.660. The Morgan fingerprint density at radius 3 is 0.750 bits per heavy atom. The molecular weight excluding hydrogens is 56.0 g/mol. The molecule has 0 aromatic rings. The van der Waals surface area contributed by atoms with Gasteiger partial charge >= 0.3 is 0 Å². The quantitative estimate of drug-likeness (QED) is 0.350. The largest absolute Gasteiger partial charge is 0.295 e. The molecule has 22 valence electrons. The van der Waals surface area contributed by atoms with Crippen LogP contribution < -0.4 is 0 Å². The Kier molecular flexibility index (Phi) is 24.6. The zero-order valence-electron chi connectivity index (χ0n) is 1.97.